The number of carbonyl (C=O) groups is 1. The molecule has 1 amide bonds. The first-order valence-electron chi connectivity index (χ1n) is 11.1. The Bertz CT molecular complexity index is 1260. The van der Waals surface area contributed by atoms with Gasteiger partial charge in [0.05, 0.1) is 0 Å². The van der Waals surface area contributed by atoms with Crippen molar-refractivity contribution in [1.82, 2.24) is 9.80 Å². The molecule has 0 bridgehead atoms. The number of rotatable bonds is 5. The van der Waals surface area contributed by atoms with Crippen molar-refractivity contribution in [1.29, 1.82) is 0 Å². The van der Waals surface area contributed by atoms with Gasteiger partial charge in [0.1, 0.15) is 11.3 Å². The second-order valence-electron chi connectivity index (χ2n) is 8.52. The van der Waals surface area contributed by atoms with E-state index in [2.05, 4.69) is 4.90 Å². The van der Waals surface area contributed by atoms with Gasteiger partial charge in [-0.2, -0.15) is 0 Å². The Hall–Kier alpha value is -3.52. The molecule has 0 aliphatic carbocycles. The lowest BCUT2D eigenvalue weighted by Crippen LogP contribution is -2.48. The van der Waals surface area contributed by atoms with Crippen molar-refractivity contribution in [2.45, 2.75) is 26.3 Å². The molecule has 3 aromatic rings. The molecule has 0 spiro atoms. The first-order chi connectivity index (χ1) is 16.0. The van der Waals surface area contributed by atoms with Gasteiger partial charge >= 0.3 is 5.63 Å². The van der Waals surface area contributed by atoms with Crippen LogP contribution in [0.3, 0.4) is 0 Å². The molecule has 1 fully saturated rings. The first kappa shape index (κ1) is 21.3. The number of amides is 1. The summed E-state index contributed by atoms with van der Waals surface area (Å²) in [4.78, 5) is 29.4. The molecular formula is C25H26N2O6. The maximum absolute atomic E-state index is 12.8. The summed E-state index contributed by atoms with van der Waals surface area (Å²) in [7, 11) is 0. The quantitative estimate of drug-likeness (QED) is 0.598. The summed E-state index contributed by atoms with van der Waals surface area (Å²) >= 11 is 0. The number of phenolic OH excluding ortho intramolecular Hbond substituents is 1. The standard InChI is InChI=1S/C25H26N2O6/c1-16-19-4-3-18(28)13-22(19)33-25(30)20(16)5-7-24(29)27-10-8-26(9-11-27)14-17-2-6-21-23(12-17)32-15-31-21/h2-4,6,12-13,28H,5,7-11,14-15H2,1H3. The van der Waals surface area contributed by atoms with Crippen LogP contribution in [0.1, 0.15) is 23.1 Å². The van der Waals surface area contributed by atoms with Crippen LogP contribution in [-0.2, 0) is 17.8 Å². The van der Waals surface area contributed by atoms with Crippen molar-refractivity contribution >= 4 is 16.9 Å². The van der Waals surface area contributed by atoms with Gasteiger partial charge in [0.15, 0.2) is 11.5 Å². The third-order valence-electron chi connectivity index (χ3n) is 6.43. The van der Waals surface area contributed by atoms with Gasteiger partial charge in [-0.15, -0.1) is 0 Å². The highest BCUT2D eigenvalue weighted by Gasteiger charge is 2.23. The van der Waals surface area contributed by atoms with Crippen molar-refractivity contribution < 1.29 is 23.8 Å². The minimum absolute atomic E-state index is 0.0438. The van der Waals surface area contributed by atoms with Crippen molar-refractivity contribution in [3.63, 3.8) is 0 Å². The first-order valence-corrected chi connectivity index (χ1v) is 11.1. The number of carbonyl (C=O) groups excluding carboxylic acids is 1. The highest BCUT2D eigenvalue weighted by Crippen LogP contribution is 2.33. The lowest BCUT2D eigenvalue weighted by atomic mass is 10.0. The second-order valence-corrected chi connectivity index (χ2v) is 8.52. The average Bonchev–Trinajstić information content (AvgIpc) is 3.27. The summed E-state index contributed by atoms with van der Waals surface area (Å²) < 4.78 is 16.2. The van der Waals surface area contributed by atoms with E-state index in [4.69, 9.17) is 13.9 Å². The molecule has 8 heteroatoms. The van der Waals surface area contributed by atoms with Crippen molar-refractivity contribution in [2.24, 2.45) is 0 Å². The Kier molecular flexibility index (Phi) is 5.68. The summed E-state index contributed by atoms with van der Waals surface area (Å²) in [5, 5.41) is 10.4. The lowest BCUT2D eigenvalue weighted by molar-refractivity contribution is -0.133. The summed E-state index contributed by atoms with van der Waals surface area (Å²) in [5.74, 6) is 1.66. The Morgan fingerprint density at radius 1 is 1.03 bits per heavy atom. The maximum Gasteiger partial charge on any atom is 0.339 e. The Morgan fingerprint density at radius 2 is 1.82 bits per heavy atom. The number of fused-ring (bicyclic) bond motifs is 2. The number of ether oxygens (including phenoxy) is 2. The van der Waals surface area contributed by atoms with Crippen LogP contribution < -0.4 is 15.1 Å². The minimum Gasteiger partial charge on any atom is -0.508 e. The molecule has 0 atom stereocenters. The largest absolute Gasteiger partial charge is 0.508 e. The van der Waals surface area contributed by atoms with Crippen LogP contribution in [0, 0.1) is 6.92 Å². The number of nitrogens with zero attached hydrogens (tertiary/aromatic N) is 2. The van der Waals surface area contributed by atoms with Gasteiger partial charge in [0, 0.05) is 56.2 Å². The number of aromatic hydroxyl groups is 1. The van der Waals surface area contributed by atoms with Crippen LogP contribution in [0.15, 0.2) is 45.6 Å². The molecule has 2 aliphatic rings. The molecule has 172 valence electrons. The van der Waals surface area contributed by atoms with Crippen LogP contribution in [0.2, 0.25) is 0 Å². The third kappa shape index (κ3) is 4.39. The van der Waals surface area contributed by atoms with Gasteiger partial charge in [-0.25, -0.2) is 4.79 Å². The second kappa shape index (κ2) is 8.78. The van der Waals surface area contributed by atoms with Gasteiger partial charge in [-0.3, -0.25) is 9.69 Å². The Balaban J connectivity index is 1.17. The van der Waals surface area contributed by atoms with Crippen LogP contribution in [0.4, 0.5) is 0 Å². The summed E-state index contributed by atoms with van der Waals surface area (Å²) in [6, 6.07) is 10.7. The molecule has 1 aromatic heterocycles. The normalized spacial score (nSPS) is 15.8. The van der Waals surface area contributed by atoms with Crippen molar-refractivity contribution in [3.05, 3.63) is 63.5 Å². The fourth-order valence-corrected chi connectivity index (χ4v) is 4.51. The van der Waals surface area contributed by atoms with Gasteiger partial charge < -0.3 is 23.9 Å². The van der Waals surface area contributed by atoms with Gasteiger partial charge in [-0.05, 0) is 48.7 Å². The molecule has 5 rings (SSSR count). The maximum atomic E-state index is 12.8. The third-order valence-corrected chi connectivity index (χ3v) is 6.43. The van der Waals surface area contributed by atoms with E-state index >= 15 is 0 Å². The van der Waals surface area contributed by atoms with E-state index in [1.807, 2.05) is 30.0 Å². The Labute approximate surface area is 190 Å². The van der Waals surface area contributed by atoms with Crippen LogP contribution in [0.25, 0.3) is 11.0 Å². The molecule has 2 aliphatic heterocycles. The predicted octanol–water partition coefficient (Wildman–Crippen LogP) is 2.81. The van der Waals surface area contributed by atoms with Crippen molar-refractivity contribution in [3.8, 4) is 17.2 Å². The highest BCUT2D eigenvalue weighted by atomic mass is 16.7. The molecule has 0 saturated carbocycles. The van der Waals surface area contributed by atoms with Gasteiger partial charge in [0.2, 0.25) is 12.7 Å². The smallest absolute Gasteiger partial charge is 0.339 e. The predicted molar refractivity (Wildman–Crippen MR) is 122 cm³/mol. The summed E-state index contributed by atoms with van der Waals surface area (Å²) in [6.45, 7) is 5.82. The van der Waals surface area contributed by atoms with Gasteiger partial charge in [-0.1, -0.05) is 6.07 Å². The lowest BCUT2D eigenvalue weighted by Gasteiger charge is -2.34. The number of hydrogen-bond acceptors (Lipinski definition) is 7. The topological polar surface area (TPSA) is 92.5 Å². The SMILES string of the molecule is Cc1c(CCC(=O)N2CCN(Cc3ccc4c(c3)OCO4)CC2)c(=O)oc2cc(O)ccc12. The van der Waals surface area contributed by atoms with Crippen molar-refractivity contribution in [2.75, 3.05) is 33.0 Å². The molecule has 8 nitrogen and oxygen atoms in total. The van der Waals surface area contributed by atoms with Crippen LogP contribution in [-0.4, -0.2) is 53.8 Å². The summed E-state index contributed by atoms with van der Waals surface area (Å²) in [6.07, 6.45) is 0.596. The van der Waals surface area contributed by atoms with E-state index < -0.39 is 5.63 Å². The molecule has 1 N–H and O–H groups in total. The van der Waals surface area contributed by atoms with E-state index in [0.29, 0.717) is 30.7 Å². The van der Waals surface area contributed by atoms with Gasteiger partial charge in [0.25, 0.3) is 0 Å². The number of hydrogen-bond donors (Lipinski definition) is 1. The van der Waals surface area contributed by atoms with Crippen LogP contribution in [0.5, 0.6) is 17.2 Å². The average molecular weight is 450 g/mol. The number of piperazine rings is 1. The van der Waals surface area contributed by atoms with E-state index in [9.17, 15) is 14.7 Å². The summed E-state index contributed by atoms with van der Waals surface area (Å²) in [5.41, 5.74) is 2.37. The van der Waals surface area contributed by atoms with E-state index in [-0.39, 0.29) is 24.9 Å². The fourth-order valence-electron chi connectivity index (χ4n) is 4.51. The Morgan fingerprint density at radius 3 is 2.64 bits per heavy atom. The zero-order chi connectivity index (χ0) is 22.9. The fraction of sp³-hybridized carbons (Fsp3) is 0.360. The number of phenols is 1. The molecule has 3 heterocycles. The minimum atomic E-state index is -0.452. The zero-order valence-corrected chi connectivity index (χ0v) is 18.5. The zero-order valence-electron chi connectivity index (χ0n) is 18.5. The number of benzene rings is 2. The molecule has 2 aromatic carbocycles. The molecule has 1 saturated heterocycles. The molecule has 33 heavy (non-hydrogen) atoms. The van der Waals surface area contributed by atoms with Crippen LogP contribution >= 0.6 is 0 Å². The molecule has 0 unspecified atom stereocenters. The molecule has 0 radical (unpaired) electrons. The molecular weight excluding hydrogens is 424 g/mol. The highest BCUT2D eigenvalue weighted by molar-refractivity contribution is 5.82. The monoisotopic (exact) mass is 450 g/mol. The number of aryl methyl sites for hydroxylation is 1. The van der Waals surface area contributed by atoms with E-state index in [1.54, 1.807) is 12.1 Å². The van der Waals surface area contributed by atoms with E-state index in [0.717, 1.165) is 47.6 Å². The van der Waals surface area contributed by atoms with E-state index in [1.165, 1.54) is 6.07 Å².